The van der Waals surface area contributed by atoms with Crippen LogP contribution in [0.2, 0.25) is 5.02 Å². The molecule has 1 fully saturated rings. The number of nitrogens with zero attached hydrogens (tertiary/aromatic N) is 1. The maximum Gasteiger partial charge on any atom is 0.255 e. The Morgan fingerprint density at radius 3 is 2.71 bits per heavy atom. The summed E-state index contributed by atoms with van der Waals surface area (Å²) < 4.78 is 0. The van der Waals surface area contributed by atoms with Crippen LogP contribution in [-0.2, 0) is 0 Å². The van der Waals surface area contributed by atoms with Crippen molar-refractivity contribution in [2.24, 2.45) is 0 Å². The molecule has 2 nitrogen and oxygen atoms in total. The summed E-state index contributed by atoms with van der Waals surface area (Å²) in [5.74, 6) is 1.02. The van der Waals surface area contributed by atoms with E-state index in [1.165, 1.54) is 0 Å². The quantitative estimate of drug-likeness (QED) is 0.616. The SMILES string of the molecule is O=C(c1cccc2ccccc12)N1CCSC1c1cccc(Cl)c1. The number of fused-ring (bicyclic) bond motifs is 1. The molecule has 1 aliphatic rings. The molecular weight excluding hydrogens is 338 g/mol. The normalized spacial score (nSPS) is 17.4. The second-order valence-electron chi connectivity index (χ2n) is 5.80. The zero-order chi connectivity index (χ0) is 16.5. The van der Waals surface area contributed by atoms with Gasteiger partial charge in [0.25, 0.3) is 5.91 Å². The standard InChI is InChI=1S/C20H16ClNOS/c21-16-8-3-7-15(13-16)20-22(11-12-24-20)19(23)18-10-4-6-14-5-1-2-9-17(14)18/h1-10,13,20H,11-12H2. The number of halogens is 1. The van der Waals surface area contributed by atoms with Crippen molar-refractivity contribution >= 4 is 40.0 Å². The second-order valence-corrected chi connectivity index (χ2v) is 7.43. The fourth-order valence-electron chi connectivity index (χ4n) is 3.18. The van der Waals surface area contributed by atoms with Crippen LogP contribution >= 0.6 is 23.4 Å². The fourth-order valence-corrected chi connectivity index (χ4v) is 4.63. The largest absolute Gasteiger partial charge is 0.322 e. The highest BCUT2D eigenvalue weighted by Crippen LogP contribution is 2.39. The van der Waals surface area contributed by atoms with Crippen LogP contribution in [0.15, 0.2) is 66.7 Å². The zero-order valence-electron chi connectivity index (χ0n) is 13.0. The molecule has 4 rings (SSSR count). The van der Waals surface area contributed by atoms with E-state index in [1.54, 1.807) is 11.8 Å². The number of hydrogen-bond acceptors (Lipinski definition) is 2. The molecule has 1 heterocycles. The monoisotopic (exact) mass is 353 g/mol. The molecule has 0 aliphatic carbocycles. The Balaban J connectivity index is 1.73. The minimum Gasteiger partial charge on any atom is -0.322 e. The average molecular weight is 354 g/mol. The first-order valence-corrected chi connectivity index (χ1v) is 9.32. The van der Waals surface area contributed by atoms with Gasteiger partial charge in [0.15, 0.2) is 0 Å². The van der Waals surface area contributed by atoms with Gasteiger partial charge in [0.05, 0.1) is 0 Å². The lowest BCUT2D eigenvalue weighted by molar-refractivity contribution is 0.0762. The molecule has 0 bridgehead atoms. The third-order valence-corrected chi connectivity index (χ3v) is 5.80. The van der Waals surface area contributed by atoms with Crippen LogP contribution in [-0.4, -0.2) is 23.1 Å². The van der Waals surface area contributed by atoms with Crippen LogP contribution in [0.5, 0.6) is 0 Å². The van der Waals surface area contributed by atoms with E-state index in [1.807, 2.05) is 71.6 Å². The highest BCUT2D eigenvalue weighted by molar-refractivity contribution is 7.99. The molecular formula is C20H16ClNOS. The zero-order valence-corrected chi connectivity index (χ0v) is 14.6. The molecule has 1 unspecified atom stereocenters. The van der Waals surface area contributed by atoms with Crippen LogP contribution in [0.1, 0.15) is 21.3 Å². The summed E-state index contributed by atoms with van der Waals surface area (Å²) in [6.07, 6.45) is 0. The predicted octanol–water partition coefficient (Wildman–Crippen LogP) is 5.38. The van der Waals surface area contributed by atoms with Crippen LogP contribution < -0.4 is 0 Å². The molecule has 0 spiro atoms. The average Bonchev–Trinajstić information content (AvgIpc) is 3.10. The number of carbonyl (C=O) groups is 1. The van der Waals surface area contributed by atoms with Crippen molar-refractivity contribution in [3.8, 4) is 0 Å². The van der Waals surface area contributed by atoms with Crippen molar-refractivity contribution in [1.29, 1.82) is 0 Å². The smallest absolute Gasteiger partial charge is 0.255 e. The molecule has 3 aromatic carbocycles. The third-order valence-electron chi connectivity index (χ3n) is 4.31. The van der Waals surface area contributed by atoms with Gasteiger partial charge in [-0.25, -0.2) is 0 Å². The van der Waals surface area contributed by atoms with Gasteiger partial charge in [0.2, 0.25) is 0 Å². The summed E-state index contributed by atoms with van der Waals surface area (Å²) in [6.45, 7) is 0.754. The van der Waals surface area contributed by atoms with Gasteiger partial charge in [-0.1, -0.05) is 60.1 Å². The number of hydrogen-bond donors (Lipinski definition) is 0. The summed E-state index contributed by atoms with van der Waals surface area (Å²) >= 11 is 7.92. The van der Waals surface area contributed by atoms with Crippen molar-refractivity contribution < 1.29 is 4.79 Å². The summed E-state index contributed by atoms with van der Waals surface area (Å²) in [5, 5.41) is 2.83. The van der Waals surface area contributed by atoms with Crippen LogP contribution in [0, 0.1) is 0 Å². The predicted molar refractivity (Wildman–Crippen MR) is 102 cm³/mol. The lowest BCUT2D eigenvalue weighted by atomic mass is 10.0. The van der Waals surface area contributed by atoms with Crippen molar-refractivity contribution in [3.05, 3.63) is 82.9 Å². The summed E-state index contributed by atoms with van der Waals surface area (Å²) in [7, 11) is 0. The maximum atomic E-state index is 13.2. The Kier molecular flexibility index (Phi) is 4.21. The fraction of sp³-hybridized carbons (Fsp3) is 0.150. The van der Waals surface area contributed by atoms with Gasteiger partial charge in [0, 0.05) is 22.9 Å². The van der Waals surface area contributed by atoms with Crippen LogP contribution in [0.3, 0.4) is 0 Å². The molecule has 0 saturated carbocycles. The van der Waals surface area contributed by atoms with Crippen molar-refractivity contribution in [1.82, 2.24) is 4.90 Å². The molecule has 1 aliphatic heterocycles. The topological polar surface area (TPSA) is 20.3 Å². The number of amides is 1. The molecule has 0 N–H and O–H groups in total. The van der Waals surface area contributed by atoms with E-state index in [4.69, 9.17) is 11.6 Å². The number of carbonyl (C=O) groups excluding carboxylic acids is 1. The second kappa shape index (κ2) is 6.50. The molecule has 4 heteroatoms. The minimum atomic E-state index is 0.0233. The first kappa shape index (κ1) is 15.6. The van der Waals surface area contributed by atoms with Gasteiger partial charge in [-0.3, -0.25) is 4.79 Å². The van der Waals surface area contributed by atoms with Gasteiger partial charge >= 0.3 is 0 Å². The lowest BCUT2D eigenvalue weighted by Gasteiger charge is -2.25. The Labute approximate surface area is 150 Å². The maximum absolute atomic E-state index is 13.2. The van der Waals surface area contributed by atoms with E-state index in [-0.39, 0.29) is 11.3 Å². The molecule has 1 saturated heterocycles. The van der Waals surface area contributed by atoms with E-state index >= 15 is 0 Å². The third kappa shape index (κ3) is 2.79. The van der Waals surface area contributed by atoms with Gasteiger partial charge in [0.1, 0.15) is 5.37 Å². The van der Waals surface area contributed by atoms with E-state index in [0.29, 0.717) is 5.02 Å². The van der Waals surface area contributed by atoms with Crippen molar-refractivity contribution in [2.45, 2.75) is 5.37 Å². The Bertz CT molecular complexity index is 906. The summed E-state index contributed by atoms with van der Waals surface area (Å²) in [5.41, 5.74) is 1.85. The minimum absolute atomic E-state index is 0.0233. The highest BCUT2D eigenvalue weighted by atomic mass is 35.5. The van der Waals surface area contributed by atoms with Crippen molar-refractivity contribution in [2.75, 3.05) is 12.3 Å². The van der Waals surface area contributed by atoms with E-state index in [9.17, 15) is 4.79 Å². The molecule has 120 valence electrons. The lowest BCUT2D eigenvalue weighted by Crippen LogP contribution is -2.30. The molecule has 0 radical (unpaired) electrons. The molecule has 24 heavy (non-hydrogen) atoms. The van der Waals surface area contributed by atoms with Gasteiger partial charge in [-0.05, 0) is 34.5 Å². The van der Waals surface area contributed by atoms with Gasteiger partial charge in [-0.15, -0.1) is 11.8 Å². The summed E-state index contributed by atoms with van der Waals surface area (Å²) in [6, 6.07) is 21.7. The molecule has 1 amide bonds. The Hall–Kier alpha value is -1.97. The highest BCUT2D eigenvalue weighted by Gasteiger charge is 2.31. The van der Waals surface area contributed by atoms with E-state index in [2.05, 4.69) is 0 Å². The molecule has 1 atom stereocenters. The molecule has 3 aromatic rings. The summed E-state index contributed by atoms with van der Waals surface area (Å²) in [4.78, 5) is 15.2. The van der Waals surface area contributed by atoms with Crippen molar-refractivity contribution in [3.63, 3.8) is 0 Å². The van der Waals surface area contributed by atoms with Gasteiger partial charge < -0.3 is 4.90 Å². The number of benzene rings is 3. The van der Waals surface area contributed by atoms with Crippen LogP contribution in [0.25, 0.3) is 10.8 Å². The van der Waals surface area contributed by atoms with Gasteiger partial charge in [-0.2, -0.15) is 0 Å². The first-order chi connectivity index (χ1) is 11.7. The Morgan fingerprint density at radius 1 is 1.04 bits per heavy atom. The number of thioether (sulfide) groups is 1. The van der Waals surface area contributed by atoms with E-state index < -0.39 is 0 Å². The molecule has 0 aromatic heterocycles. The first-order valence-electron chi connectivity index (χ1n) is 7.90. The number of rotatable bonds is 2. The Morgan fingerprint density at radius 2 is 1.83 bits per heavy atom. The van der Waals surface area contributed by atoms with E-state index in [0.717, 1.165) is 34.2 Å². The van der Waals surface area contributed by atoms with Crippen LogP contribution in [0.4, 0.5) is 0 Å².